The van der Waals surface area contributed by atoms with Crippen LogP contribution in [0.1, 0.15) is 17.2 Å². The van der Waals surface area contributed by atoms with Crippen LogP contribution < -0.4 is 14.8 Å². The number of likely N-dealkylation sites (N-methyl/N-ethyl adjacent to an activating group) is 1. The van der Waals surface area contributed by atoms with E-state index >= 15 is 0 Å². The first-order valence-corrected chi connectivity index (χ1v) is 8.03. The number of nitrogens with one attached hydrogen (secondary N) is 1. The topological polar surface area (TPSA) is 50.8 Å². The number of amides is 1. The van der Waals surface area contributed by atoms with Gasteiger partial charge in [0, 0.05) is 6.54 Å². The molecule has 1 atom stereocenters. The minimum absolute atomic E-state index is 0.00643. The first-order valence-electron chi connectivity index (χ1n) is 8.03. The molecule has 1 amide bonds. The van der Waals surface area contributed by atoms with Crippen molar-refractivity contribution in [2.24, 2.45) is 0 Å². The smallest absolute Gasteiger partial charge is 0.241 e. The van der Waals surface area contributed by atoms with Gasteiger partial charge in [-0.2, -0.15) is 0 Å². The molecule has 0 aromatic heterocycles. The molecule has 1 aliphatic heterocycles. The van der Waals surface area contributed by atoms with Crippen LogP contribution in [0.2, 0.25) is 0 Å². The van der Waals surface area contributed by atoms with Crippen molar-refractivity contribution in [1.82, 2.24) is 10.2 Å². The molecule has 1 aliphatic rings. The summed E-state index contributed by atoms with van der Waals surface area (Å²) in [7, 11) is 3.82. The van der Waals surface area contributed by atoms with Crippen molar-refractivity contribution in [2.45, 2.75) is 12.5 Å². The summed E-state index contributed by atoms with van der Waals surface area (Å²) < 4.78 is 10.7. The predicted octanol–water partition coefficient (Wildman–Crippen LogP) is 2.38. The maximum absolute atomic E-state index is 12.6. The molecule has 1 unspecified atom stereocenters. The second-order valence-corrected chi connectivity index (χ2v) is 6.01. The van der Waals surface area contributed by atoms with Crippen LogP contribution in [-0.2, 0) is 11.2 Å². The van der Waals surface area contributed by atoms with Gasteiger partial charge in [-0.15, -0.1) is 0 Å². The number of nitrogens with zero attached hydrogens (tertiary/aromatic N) is 1. The van der Waals surface area contributed by atoms with Gasteiger partial charge in [0.15, 0.2) is 11.5 Å². The third-order valence-corrected chi connectivity index (χ3v) is 4.03. The van der Waals surface area contributed by atoms with Crippen LogP contribution in [0.3, 0.4) is 0 Å². The van der Waals surface area contributed by atoms with Crippen molar-refractivity contribution in [3.63, 3.8) is 0 Å². The van der Waals surface area contributed by atoms with E-state index < -0.39 is 0 Å². The summed E-state index contributed by atoms with van der Waals surface area (Å²) in [6, 6.07) is 15.4. The van der Waals surface area contributed by atoms with Gasteiger partial charge < -0.3 is 14.8 Å². The van der Waals surface area contributed by atoms with E-state index in [2.05, 4.69) is 5.32 Å². The fourth-order valence-electron chi connectivity index (χ4n) is 2.84. The molecule has 126 valence electrons. The molecule has 0 bridgehead atoms. The second-order valence-electron chi connectivity index (χ2n) is 6.01. The number of hydrogen-bond acceptors (Lipinski definition) is 4. The molecule has 5 heteroatoms. The Bertz CT molecular complexity index is 701. The Balaban J connectivity index is 1.58. The SMILES string of the molecule is CN(C)C(C(=O)NCCc1ccc2c(c1)OCO2)c1ccccc1. The molecule has 24 heavy (non-hydrogen) atoms. The first-order chi connectivity index (χ1) is 11.6. The molecule has 0 fully saturated rings. The van der Waals surface area contributed by atoms with Gasteiger partial charge in [-0.1, -0.05) is 36.4 Å². The van der Waals surface area contributed by atoms with Gasteiger partial charge in [-0.05, 0) is 43.8 Å². The molecule has 2 aromatic carbocycles. The standard InChI is InChI=1S/C19H22N2O3/c1-21(2)18(15-6-4-3-5-7-15)19(22)20-11-10-14-8-9-16-17(12-14)24-13-23-16/h3-9,12,18H,10-11,13H2,1-2H3,(H,20,22). The molecule has 1 heterocycles. The lowest BCUT2D eigenvalue weighted by molar-refractivity contribution is -0.125. The highest BCUT2D eigenvalue weighted by Gasteiger charge is 2.22. The van der Waals surface area contributed by atoms with Crippen molar-refractivity contribution >= 4 is 5.91 Å². The number of benzene rings is 2. The molecule has 0 spiro atoms. The Morgan fingerprint density at radius 1 is 1.12 bits per heavy atom. The van der Waals surface area contributed by atoms with Gasteiger partial charge >= 0.3 is 0 Å². The summed E-state index contributed by atoms with van der Waals surface area (Å²) >= 11 is 0. The summed E-state index contributed by atoms with van der Waals surface area (Å²) in [6.45, 7) is 0.854. The summed E-state index contributed by atoms with van der Waals surface area (Å²) in [5.74, 6) is 1.56. The van der Waals surface area contributed by atoms with Gasteiger partial charge in [0.1, 0.15) is 6.04 Å². The van der Waals surface area contributed by atoms with Crippen molar-refractivity contribution in [1.29, 1.82) is 0 Å². The van der Waals surface area contributed by atoms with Crippen molar-refractivity contribution in [3.05, 3.63) is 59.7 Å². The van der Waals surface area contributed by atoms with Crippen LogP contribution in [0.5, 0.6) is 11.5 Å². The van der Waals surface area contributed by atoms with E-state index in [1.54, 1.807) is 0 Å². The Morgan fingerprint density at radius 3 is 2.62 bits per heavy atom. The highest BCUT2D eigenvalue weighted by molar-refractivity contribution is 5.83. The van der Waals surface area contributed by atoms with E-state index in [4.69, 9.17) is 9.47 Å². The lowest BCUT2D eigenvalue weighted by Gasteiger charge is -2.23. The maximum Gasteiger partial charge on any atom is 0.241 e. The fraction of sp³-hybridized carbons (Fsp3) is 0.316. The van der Waals surface area contributed by atoms with Gasteiger partial charge in [0.2, 0.25) is 12.7 Å². The predicted molar refractivity (Wildman–Crippen MR) is 92.1 cm³/mol. The Hall–Kier alpha value is -2.53. The number of hydrogen-bond donors (Lipinski definition) is 1. The molecule has 5 nitrogen and oxygen atoms in total. The van der Waals surface area contributed by atoms with E-state index in [0.29, 0.717) is 6.54 Å². The number of rotatable bonds is 6. The normalized spacial score (nSPS) is 13.8. The maximum atomic E-state index is 12.6. The Labute approximate surface area is 142 Å². The lowest BCUT2D eigenvalue weighted by atomic mass is 10.1. The second kappa shape index (κ2) is 7.36. The van der Waals surface area contributed by atoms with Crippen LogP contribution in [0, 0.1) is 0 Å². The van der Waals surface area contributed by atoms with Gasteiger partial charge in [0.25, 0.3) is 0 Å². The third-order valence-electron chi connectivity index (χ3n) is 4.03. The number of ether oxygens (including phenoxy) is 2. The largest absolute Gasteiger partial charge is 0.454 e. The summed E-state index contributed by atoms with van der Waals surface area (Å²) in [5.41, 5.74) is 2.10. The molecule has 0 saturated heterocycles. The van der Waals surface area contributed by atoms with Crippen LogP contribution in [-0.4, -0.2) is 38.2 Å². The quantitative estimate of drug-likeness (QED) is 0.885. The highest BCUT2D eigenvalue weighted by Crippen LogP contribution is 2.32. The molecule has 2 aromatic rings. The fourth-order valence-corrected chi connectivity index (χ4v) is 2.84. The number of carbonyl (C=O) groups is 1. The van der Waals surface area contributed by atoms with Crippen LogP contribution in [0.25, 0.3) is 0 Å². The lowest BCUT2D eigenvalue weighted by Crippen LogP contribution is -2.37. The van der Waals surface area contributed by atoms with E-state index in [-0.39, 0.29) is 18.7 Å². The van der Waals surface area contributed by atoms with E-state index in [0.717, 1.165) is 29.0 Å². The molecule has 3 rings (SSSR count). The molecular formula is C19H22N2O3. The minimum atomic E-state index is -0.289. The molecule has 1 N–H and O–H groups in total. The van der Waals surface area contributed by atoms with Gasteiger partial charge in [-0.3, -0.25) is 9.69 Å². The van der Waals surface area contributed by atoms with Crippen LogP contribution >= 0.6 is 0 Å². The third kappa shape index (κ3) is 3.68. The Kier molecular flexibility index (Phi) is 5.01. The zero-order valence-electron chi connectivity index (χ0n) is 14.0. The zero-order chi connectivity index (χ0) is 16.9. The average Bonchev–Trinajstić information content (AvgIpc) is 3.03. The van der Waals surface area contributed by atoms with Gasteiger partial charge in [-0.25, -0.2) is 0 Å². The first kappa shape index (κ1) is 16.3. The molecular weight excluding hydrogens is 304 g/mol. The van der Waals surface area contributed by atoms with Crippen molar-refractivity contribution in [3.8, 4) is 11.5 Å². The number of fused-ring (bicyclic) bond motifs is 1. The van der Waals surface area contributed by atoms with E-state index in [1.165, 1.54) is 0 Å². The molecule has 0 radical (unpaired) electrons. The van der Waals surface area contributed by atoms with E-state index in [9.17, 15) is 4.79 Å². The summed E-state index contributed by atoms with van der Waals surface area (Å²) in [4.78, 5) is 14.5. The Morgan fingerprint density at radius 2 is 1.88 bits per heavy atom. The zero-order valence-corrected chi connectivity index (χ0v) is 14.0. The van der Waals surface area contributed by atoms with Crippen LogP contribution in [0.4, 0.5) is 0 Å². The summed E-state index contributed by atoms with van der Waals surface area (Å²) in [5, 5.41) is 3.03. The van der Waals surface area contributed by atoms with Crippen molar-refractivity contribution in [2.75, 3.05) is 27.4 Å². The van der Waals surface area contributed by atoms with Gasteiger partial charge in [0.05, 0.1) is 0 Å². The summed E-state index contributed by atoms with van der Waals surface area (Å²) in [6.07, 6.45) is 0.747. The average molecular weight is 326 g/mol. The van der Waals surface area contributed by atoms with Crippen LogP contribution in [0.15, 0.2) is 48.5 Å². The number of carbonyl (C=O) groups excluding carboxylic acids is 1. The minimum Gasteiger partial charge on any atom is -0.454 e. The van der Waals surface area contributed by atoms with E-state index in [1.807, 2.05) is 67.5 Å². The highest BCUT2D eigenvalue weighted by atomic mass is 16.7. The molecule has 0 saturated carbocycles. The monoisotopic (exact) mass is 326 g/mol. The van der Waals surface area contributed by atoms with Crippen molar-refractivity contribution < 1.29 is 14.3 Å². The molecule has 0 aliphatic carbocycles.